The van der Waals surface area contributed by atoms with Gasteiger partial charge in [-0.15, -0.1) is 0 Å². The Hall–Kier alpha value is -3.60. The normalized spacial score (nSPS) is 13.2. The van der Waals surface area contributed by atoms with E-state index in [0.29, 0.717) is 12.8 Å². The van der Waals surface area contributed by atoms with Crippen LogP contribution in [0.2, 0.25) is 0 Å². The Morgan fingerprint density at radius 2 is 1.50 bits per heavy atom. The van der Waals surface area contributed by atoms with Gasteiger partial charge >= 0.3 is 12.1 Å². The zero-order chi connectivity index (χ0) is 22.7. The van der Waals surface area contributed by atoms with Crippen LogP contribution in [-0.4, -0.2) is 41.8 Å². The van der Waals surface area contributed by atoms with E-state index in [9.17, 15) is 14.7 Å². The molecule has 3 aromatic rings. The van der Waals surface area contributed by atoms with Crippen LogP contribution in [0, 0.1) is 6.92 Å². The molecular formula is C27H27NO4. The van der Waals surface area contributed by atoms with Crippen molar-refractivity contribution in [2.75, 3.05) is 13.7 Å². The van der Waals surface area contributed by atoms with Crippen LogP contribution >= 0.6 is 0 Å². The molecule has 1 amide bonds. The van der Waals surface area contributed by atoms with Crippen molar-refractivity contribution >= 4 is 12.1 Å². The van der Waals surface area contributed by atoms with E-state index in [1.54, 1.807) is 0 Å². The number of ether oxygens (including phenoxy) is 1. The monoisotopic (exact) mass is 429 g/mol. The van der Waals surface area contributed by atoms with E-state index < -0.39 is 18.1 Å². The average Bonchev–Trinajstić information content (AvgIpc) is 3.12. The second-order valence-electron chi connectivity index (χ2n) is 8.29. The average molecular weight is 430 g/mol. The number of carbonyl (C=O) groups excluding carboxylic acids is 1. The van der Waals surface area contributed by atoms with Crippen molar-refractivity contribution in [3.8, 4) is 11.1 Å². The van der Waals surface area contributed by atoms with Crippen LogP contribution in [0.1, 0.15) is 34.6 Å². The number of benzene rings is 3. The van der Waals surface area contributed by atoms with E-state index in [2.05, 4.69) is 24.3 Å². The summed E-state index contributed by atoms with van der Waals surface area (Å²) in [5.74, 6) is -1.09. The Labute approximate surface area is 188 Å². The number of carboxylic acids is 1. The number of aliphatic carboxylic acids is 1. The van der Waals surface area contributed by atoms with Gasteiger partial charge in [-0.25, -0.2) is 9.59 Å². The third-order valence-corrected chi connectivity index (χ3v) is 6.20. The maximum absolute atomic E-state index is 12.8. The molecule has 0 radical (unpaired) electrons. The third-order valence-electron chi connectivity index (χ3n) is 6.20. The fourth-order valence-electron chi connectivity index (χ4n) is 4.36. The van der Waals surface area contributed by atoms with Crippen LogP contribution in [0.25, 0.3) is 11.1 Å². The summed E-state index contributed by atoms with van der Waals surface area (Å²) in [6, 6.07) is 23.3. The Bertz CT molecular complexity index is 1080. The number of likely N-dealkylation sites (N-methyl/N-ethyl adjacent to an activating group) is 1. The van der Waals surface area contributed by atoms with Crippen LogP contribution in [0.3, 0.4) is 0 Å². The number of hydrogen-bond donors (Lipinski definition) is 1. The molecule has 164 valence electrons. The summed E-state index contributed by atoms with van der Waals surface area (Å²) in [5.41, 5.74) is 6.75. The van der Waals surface area contributed by atoms with Gasteiger partial charge in [-0.1, -0.05) is 78.4 Å². The Kier molecular flexibility index (Phi) is 6.26. The molecule has 0 aliphatic heterocycles. The van der Waals surface area contributed by atoms with E-state index in [-0.39, 0.29) is 12.5 Å². The summed E-state index contributed by atoms with van der Waals surface area (Å²) in [4.78, 5) is 25.8. The van der Waals surface area contributed by atoms with E-state index in [1.807, 2.05) is 55.5 Å². The number of aryl methyl sites for hydroxylation is 2. The van der Waals surface area contributed by atoms with E-state index in [1.165, 1.54) is 11.9 Å². The van der Waals surface area contributed by atoms with Crippen LogP contribution in [0.15, 0.2) is 72.8 Å². The molecule has 5 heteroatoms. The molecule has 0 saturated carbocycles. The first-order valence-corrected chi connectivity index (χ1v) is 10.8. The van der Waals surface area contributed by atoms with E-state index in [0.717, 1.165) is 33.4 Å². The lowest BCUT2D eigenvalue weighted by Crippen LogP contribution is -2.43. The Morgan fingerprint density at radius 3 is 2.06 bits per heavy atom. The van der Waals surface area contributed by atoms with Crippen LogP contribution in [0.5, 0.6) is 0 Å². The van der Waals surface area contributed by atoms with Crippen molar-refractivity contribution in [2.24, 2.45) is 0 Å². The lowest BCUT2D eigenvalue weighted by atomic mass is 9.98. The maximum atomic E-state index is 12.8. The number of amides is 1. The number of nitrogens with zero attached hydrogens (tertiary/aromatic N) is 1. The standard InChI is InChI=1S/C27H27NO4/c1-18-11-13-19(14-12-18)15-16-25(26(29)30)28(2)27(31)32-17-24-22-9-5-3-7-20(22)21-8-4-6-10-23(21)24/h3-14,24-25H,15-17H2,1-2H3,(H,29,30)/t25-/m0/s1. The number of carboxylic acid groups (broad SMARTS) is 1. The molecular weight excluding hydrogens is 402 g/mol. The minimum absolute atomic E-state index is 0.0596. The molecule has 0 aromatic heterocycles. The van der Waals surface area contributed by atoms with Gasteiger partial charge in [-0.05, 0) is 47.6 Å². The van der Waals surface area contributed by atoms with Gasteiger partial charge in [0, 0.05) is 13.0 Å². The molecule has 32 heavy (non-hydrogen) atoms. The zero-order valence-corrected chi connectivity index (χ0v) is 18.3. The molecule has 5 nitrogen and oxygen atoms in total. The lowest BCUT2D eigenvalue weighted by Gasteiger charge is -2.25. The second-order valence-corrected chi connectivity index (χ2v) is 8.29. The van der Waals surface area contributed by atoms with Crippen molar-refractivity contribution in [3.63, 3.8) is 0 Å². The Morgan fingerprint density at radius 1 is 0.938 bits per heavy atom. The highest BCUT2D eigenvalue weighted by Gasteiger charge is 2.31. The van der Waals surface area contributed by atoms with Crippen molar-refractivity contribution in [1.82, 2.24) is 4.90 Å². The summed E-state index contributed by atoms with van der Waals surface area (Å²) in [5, 5.41) is 9.71. The molecule has 1 aliphatic rings. The first-order valence-electron chi connectivity index (χ1n) is 10.8. The highest BCUT2D eigenvalue weighted by atomic mass is 16.6. The molecule has 1 aliphatic carbocycles. The molecule has 0 bridgehead atoms. The van der Waals surface area contributed by atoms with Gasteiger partial charge in [-0.3, -0.25) is 4.90 Å². The number of fused-ring (bicyclic) bond motifs is 3. The molecule has 0 heterocycles. The van der Waals surface area contributed by atoms with Crippen LogP contribution in [-0.2, 0) is 16.0 Å². The predicted molar refractivity (Wildman–Crippen MR) is 124 cm³/mol. The summed E-state index contributed by atoms with van der Waals surface area (Å²) >= 11 is 0. The Balaban J connectivity index is 1.42. The summed E-state index contributed by atoms with van der Waals surface area (Å²) in [6.07, 6.45) is 0.264. The zero-order valence-electron chi connectivity index (χ0n) is 18.3. The molecule has 0 unspecified atom stereocenters. The van der Waals surface area contributed by atoms with Gasteiger partial charge in [0.1, 0.15) is 12.6 Å². The third kappa shape index (κ3) is 4.37. The van der Waals surface area contributed by atoms with Gasteiger partial charge in [-0.2, -0.15) is 0 Å². The highest BCUT2D eigenvalue weighted by Crippen LogP contribution is 2.44. The smallest absolute Gasteiger partial charge is 0.410 e. The lowest BCUT2D eigenvalue weighted by molar-refractivity contribution is -0.142. The topological polar surface area (TPSA) is 66.8 Å². The number of rotatable bonds is 7. The van der Waals surface area contributed by atoms with Gasteiger partial charge in [0.15, 0.2) is 0 Å². The van der Waals surface area contributed by atoms with Crippen LogP contribution < -0.4 is 0 Å². The highest BCUT2D eigenvalue weighted by molar-refractivity contribution is 5.81. The summed E-state index contributed by atoms with van der Waals surface area (Å²) in [6.45, 7) is 2.18. The maximum Gasteiger partial charge on any atom is 0.410 e. The fourth-order valence-corrected chi connectivity index (χ4v) is 4.36. The molecule has 0 saturated heterocycles. The quantitative estimate of drug-likeness (QED) is 0.556. The van der Waals surface area contributed by atoms with Crippen molar-refractivity contribution < 1.29 is 19.4 Å². The van der Waals surface area contributed by atoms with Gasteiger partial charge in [0.05, 0.1) is 0 Å². The minimum atomic E-state index is -1.03. The number of hydrogen-bond acceptors (Lipinski definition) is 3. The van der Waals surface area contributed by atoms with Gasteiger partial charge in [0.25, 0.3) is 0 Å². The largest absolute Gasteiger partial charge is 0.480 e. The molecule has 4 rings (SSSR count). The van der Waals surface area contributed by atoms with E-state index in [4.69, 9.17) is 4.74 Å². The van der Waals surface area contributed by atoms with Crippen molar-refractivity contribution in [2.45, 2.75) is 31.7 Å². The van der Waals surface area contributed by atoms with Crippen molar-refractivity contribution in [1.29, 1.82) is 0 Å². The van der Waals surface area contributed by atoms with Gasteiger partial charge in [0.2, 0.25) is 0 Å². The van der Waals surface area contributed by atoms with E-state index >= 15 is 0 Å². The number of carbonyl (C=O) groups is 2. The molecule has 0 fully saturated rings. The first kappa shape index (κ1) is 21.6. The second kappa shape index (κ2) is 9.27. The summed E-state index contributed by atoms with van der Waals surface area (Å²) < 4.78 is 5.62. The van der Waals surface area contributed by atoms with Crippen LogP contribution in [0.4, 0.5) is 4.79 Å². The molecule has 1 N–H and O–H groups in total. The van der Waals surface area contributed by atoms with Crippen molar-refractivity contribution in [3.05, 3.63) is 95.1 Å². The molecule has 1 atom stereocenters. The fraction of sp³-hybridized carbons (Fsp3) is 0.259. The SMILES string of the molecule is Cc1ccc(CC[C@@H](C(=O)O)N(C)C(=O)OCC2c3ccccc3-c3ccccc32)cc1. The minimum Gasteiger partial charge on any atom is -0.480 e. The van der Waals surface area contributed by atoms with Gasteiger partial charge < -0.3 is 9.84 Å². The first-order chi connectivity index (χ1) is 15.5. The summed E-state index contributed by atoms with van der Waals surface area (Å²) in [7, 11) is 1.49. The predicted octanol–water partition coefficient (Wildman–Crippen LogP) is 5.26. The molecule has 3 aromatic carbocycles. The molecule has 0 spiro atoms.